The largest absolute Gasteiger partial charge is 0.378 e. The lowest BCUT2D eigenvalue weighted by Gasteiger charge is -2.26. The summed E-state index contributed by atoms with van der Waals surface area (Å²) in [6.45, 7) is 4.96. The summed E-state index contributed by atoms with van der Waals surface area (Å²) in [6, 6.07) is 0. The molecule has 4 rings (SSSR count). The summed E-state index contributed by atoms with van der Waals surface area (Å²) < 4.78 is 7.05. The monoisotopic (exact) mass is 319 g/mol. The molecule has 0 aliphatic carbocycles. The van der Waals surface area contributed by atoms with Gasteiger partial charge in [-0.25, -0.2) is 4.98 Å². The van der Waals surface area contributed by atoms with Gasteiger partial charge in [0, 0.05) is 26.1 Å². The molecule has 2 aliphatic heterocycles. The van der Waals surface area contributed by atoms with Crippen LogP contribution in [0, 0.1) is 6.92 Å². The normalized spacial score (nSPS) is 18.0. The van der Waals surface area contributed by atoms with Gasteiger partial charge in [0.15, 0.2) is 0 Å². The van der Waals surface area contributed by atoms with E-state index in [2.05, 4.69) is 4.98 Å². The molecule has 0 spiro atoms. The highest BCUT2D eigenvalue weighted by Crippen LogP contribution is 2.29. The SMILES string of the molecule is Cc1c(C(=O)N2CCOCC2)sc2nc3n(c(=O)c12)CCC3. The van der Waals surface area contributed by atoms with Gasteiger partial charge >= 0.3 is 0 Å². The van der Waals surface area contributed by atoms with Crippen LogP contribution in [0.1, 0.15) is 27.5 Å². The van der Waals surface area contributed by atoms with E-state index in [4.69, 9.17) is 4.74 Å². The Morgan fingerprint density at radius 1 is 1.27 bits per heavy atom. The number of aryl methyl sites for hydroxylation is 2. The van der Waals surface area contributed by atoms with E-state index >= 15 is 0 Å². The molecule has 2 aromatic rings. The highest BCUT2D eigenvalue weighted by molar-refractivity contribution is 7.20. The van der Waals surface area contributed by atoms with Gasteiger partial charge in [-0.3, -0.25) is 14.2 Å². The zero-order valence-corrected chi connectivity index (χ0v) is 13.2. The summed E-state index contributed by atoms with van der Waals surface area (Å²) in [5, 5.41) is 0.618. The molecular formula is C15H17N3O3S. The van der Waals surface area contributed by atoms with Crippen LogP contribution in [0.3, 0.4) is 0 Å². The number of ether oxygens (including phenoxy) is 1. The van der Waals surface area contributed by atoms with Gasteiger partial charge in [-0.2, -0.15) is 0 Å². The van der Waals surface area contributed by atoms with Crippen molar-refractivity contribution in [1.29, 1.82) is 0 Å². The average Bonchev–Trinajstić information content (AvgIpc) is 3.13. The number of hydrogen-bond donors (Lipinski definition) is 0. The summed E-state index contributed by atoms with van der Waals surface area (Å²) in [5.74, 6) is 0.845. The van der Waals surface area contributed by atoms with Crippen molar-refractivity contribution in [3.63, 3.8) is 0 Å². The van der Waals surface area contributed by atoms with Gasteiger partial charge in [-0.1, -0.05) is 0 Å². The number of thiophene rings is 1. The van der Waals surface area contributed by atoms with E-state index in [9.17, 15) is 9.59 Å². The number of aromatic nitrogens is 2. The van der Waals surface area contributed by atoms with E-state index < -0.39 is 0 Å². The van der Waals surface area contributed by atoms with Crippen molar-refractivity contribution in [2.75, 3.05) is 26.3 Å². The molecule has 1 fully saturated rings. The Bertz CT molecular complexity index is 818. The Hall–Kier alpha value is -1.73. The van der Waals surface area contributed by atoms with Gasteiger partial charge in [0.05, 0.1) is 23.5 Å². The number of rotatable bonds is 1. The quantitative estimate of drug-likeness (QED) is 0.792. The van der Waals surface area contributed by atoms with Crippen LogP contribution in [0.2, 0.25) is 0 Å². The van der Waals surface area contributed by atoms with Crippen molar-refractivity contribution in [1.82, 2.24) is 14.5 Å². The van der Waals surface area contributed by atoms with E-state index in [1.54, 1.807) is 9.47 Å². The molecule has 0 radical (unpaired) electrons. The van der Waals surface area contributed by atoms with Gasteiger partial charge in [-0.15, -0.1) is 11.3 Å². The first kappa shape index (κ1) is 13.9. The van der Waals surface area contributed by atoms with Crippen LogP contribution >= 0.6 is 11.3 Å². The maximum absolute atomic E-state index is 12.7. The smallest absolute Gasteiger partial charge is 0.264 e. The van der Waals surface area contributed by atoms with Crippen LogP contribution in [0.15, 0.2) is 4.79 Å². The fourth-order valence-electron chi connectivity index (χ4n) is 3.19. The van der Waals surface area contributed by atoms with Gasteiger partial charge in [0.25, 0.3) is 11.5 Å². The van der Waals surface area contributed by atoms with Crippen LogP contribution in [0.4, 0.5) is 0 Å². The Balaban J connectivity index is 1.83. The molecule has 2 aliphatic rings. The lowest BCUT2D eigenvalue weighted by atomic mass is 10.2. The Kier molecular flexibility index (Phi) is 3.27. The van der Waals surface area contributed by atoms with Crippen molar-refractivity contribution < 1.29 is 9.53 Å². The minimum Gasteiger partial charge on any atom is -0.378 e. The second kappa shape index (κ2) is 5.17. The number of amides is 1. The molecule has 116 valence electrons. The maximum Gasteiger partial charge on any atom is 0.264 e. The molecule has 0 N–H and O–H groups in total. The third-order valence-electron chi connectivity index (χ3n) is 4.40. The molecule has 1 amide bonds. The molecular weight excluding hydrogens is 302 g/mol. The molecule has 6 nitrogen and oxygen atoms in total. The number of carbonyl (C=O) groups excluding carboxylic acids is 1. The van der Waals surface area contributed by atoms with Gasteiger partial charge in [0.1, 0.15) is 10.7 Å². The van der Waals surface area contributed by atoms with E-state index in [0.29, 0.717) is 41.4 Å². The molecule has 0 bridgehead atoms. The van der Waals surface area contributed by atoms with Gasteiger partial charge in [0.2, 0.25) is 0 Å². The summed E-state index contributed by atoms with van der Waals surface area (Å²) >= 11 is 1.35. The molecule has 1 saturated heterocycles. The van der Waals surface area contributed by atoms with Crippen LogP contribution < -0.4 is 5.56 Å². The maximum atomic E-state index is 12.7. The number of hydrogen-bond acceptors (Lipinski definition) is 5. The van der Waals surface area contributed by atoms with Crippen molar-refractivity contribution in [3.8, 4) is 0 Å². The highest BCUT2D eigenvalue weighted by atomic mass is 32.1. The first-order valence-corrected chi connectivity index (χ1v) is 8.38. The molecule has 2 aromatic heterocycles. The predicted octanol–water partition coefficient (Wildman–Crippen LogP) is 1.19. The number of nitrogens with zero attached hydrogens (tertiary/aromatic N) is 3. The molecule has 7 heteroatoms. The van der Waals surface area contributed by atoms with E-state index in [-0.39, 0.29) is 11.5 Å². The van der Waals surface area contributed by atoms with Crippen LogP contribution in [-0.4, -0.2) is 46.7 Å². The van der Waals surface area contributed by atoms with E-state index in [0.717, 1.165) is 30.8 Å². The summed E-state index contributed by atoms with van der Waals surface area (Å²) in [5.41, 5.74) is 0.781. The standard InChI is InChI=1S/C15H17N3O3S/c1-9-11-13(16-10-3-2-4-18(10)14(11)19)22-12(9)15(20)17-5-7-21-8-6-17/h2-8H2,1H3. The Morgan fingerprint density at radius 3 is 2.82 bits per heavy atom. The second-order valence-electron chi connectivity index (χ2n) is 5.73. The molecule has 0 saturated carbocycles. The predicted molar refractivity (Wildman–Crippen MR) is 83.7 cm³/mol. The van der Waals surface area contributed by atoms with Gasteiger partial charge in [-0.05, 0) is 18.9 Å². The van der Waals surface area contributed by atoms with Crippen LogP contribution in [0.25, 0.3) is 10.2 Å². The topological polar surface area (TPSA) is 64.4 Å². The third kappa shape index (κ3) is 1.99. The van der Waals surface area contributed by atoms with Crippen molar-refractivity contribution in [2.24, 2.45) is 0 Å². The fraction of sp³-hybridized carbons (Fsp3) is 0.533. The molecule has 0 aromatic carbocycles. The molecule has 22 heavy (non-hydrogen) atoms. The number of fused-ring (bicyclic) bond motifs is 2. The first-order chi connectivity index (χ1) is 10.7. The van der Waals surface area contributed by atoms with Crippen molar-refractivity contribution in [2.45, 2.75) is 26.3 Å². The van der Waals surface area contributed by atoms with Gasteiger partial charge < -0.3 is 9.64 Å². The zero-order valence-electron chi connectivity index (χ0n) is 12.4. The number of carbonyl (C=O) groups is 1. The highest BCUT2D eigenvalue weighted by Gasteiger charge is 2.26. The first-order valence-electron chi connectivity index (χ1n) is 7.56. The second-order valence-corrected chi connectivity index (χ2v) is 6.73. The molecule has 0 atom stereocenters. The summed E-state index contributed by atoms with van der Waals surface area (Å²) in [6.07, 6.45) is 1.81. The van der Waals surface area contributed by atoms with E-state index in [1.807, 2.05) is 6.92 Å². The van der Waals surface area contributed by atoms with Crippen LogP contribution in [0.5, 0.6) is 0 Å². The summed E-state index contributed by atoms with van der Waals surface area (Å²) in [4.78, 5) is 33.1. The Labute approximate surface area is 131 Å². The van der Waals surface area contributed by atoms with Crippen molar-refractivity contribution in [3.05, 3.63) is 26.6 Å². The van der Waals surface area contributed by atoms with E-state index in [1.165, 1.54) is 11.3 Å². The third-order valence-corrected chi connectivity index (χ3v) is 5.58. The van der Waals surface area contributed by atoms with Crippen molar-refractivity contribution >= 4 is 27.5 Å². The lowest BCUT2D eigenvalue weighted by molar-refractivity contribution is 0.0306. The molecule has 4 heterocycles. The van der Waals surface area contributed by atoms with Crippen LogP contribution in [-0.2, 0) is 17.7 Å². The minimum atomic E-state index is -0.00615. The molecule has 0 unspecified atom stereocenters. The number of morpholine rings is 1. The minimum absolute atomic E-state index is 0.00615. The summed E-state index contributed by atoms with van der Waals surface area (Å²) in [7, 11) is 0. The fourth-order valence-corrected chi connectivity index (χ4v) is 4.35. The zero-order chi connectivity index (χ0) is 15.3. The Morgan fingerprint density at radius 2 is 2.05 bits per heavy atom. The average molecular weight is 319 g/mol. The lowest BCUT2D eigenvalue weighted by Crippen LogP contribution is -2.40.